The first kappa shape index (κ1) is 13.8. The minimum absolute atomic E-state index is 0.193. The molecule has 1 unspecified atom stereocenters. The van der Waals surface area contributed by atoms with Crippen LogP contribution in [0.5, 0.6) is 0 Å². The number of benzene rings is 1. The molecule has 2 nitrogen and oxygen atoms in total. The van der Waals surface area contributed by atoms with Gasteiger partial charge in [-0.05, 0) is 40.9 Å². The van der Waals surface area contributed by atoms with Crippen LogP contribution in [0.4, 0.5) is 5.69 Å². The summed E-state index contributed by atoms with van der Waals surface area (Å²) in [7, 11) is 0. The van der Waals surface area contributed by atoms with Gasteiger partial charge in [0, 0.05) is 6.54 Å². The van der Waals surface area contributed by atoms with Crippen molar-refractivity contribution in [2.24, 2.45) is 5.92 Å². The molecule has 0 fully saturated rings. The summed E-state index contributed by atoms with van der Waals surface area (Å²) in [5.41, 5.74) is 0.162. The van der Waals surface area contributed by atoms with Gasteiger partial charge in [0.15, 0.2) is 0 Å². The number of nitrogens with one attached hydrogen (secondary N) is 1. The Morgan fingerprint density at radius 1 is 1.50 bits per heavy atom. The molecule has 0 aliphatic carbocycles. The molecular weight excluding hydrogens is 289 g/mol. The van der Waals surface area contributed by atoms with Crippen LogP contribution in [0.3, 0.4) is 0 Å². The van der Waals surface area contributed by atoms with Crippen LogP contribution >= 0.6 is 27.5 Å². The van der Waals surface area contributed by atoms with E-state index in [1.54, 1.807) is 0 Å². The molecule has 1 aromatic rings. The van der Waals surface area contributed by atoms with Crippen molar-refractivity contribution in [1.82, 2.24) is 0 Å². The summed E-state index contributed by atoms with van der Waals surface area (Å²) in [6, 6.07) is 5.61. The lowest BCUT2D eigenvalue weighted by Gasteiger charge is -2.28. The summed E-state index contributed by atoms with van der Waals surface area (Å²) in [5.74, 6) is 0.193. The summed E-state index contributed by atoms with van der Waals surface area (Å²) in [5, 5.41) is 14.0. The van der Waals surface area contributed by atoms with Gasteiger partial charge in [-0.2, -0.15) is 0 Å². The maximum atomic E-state index is 10.1. The molecule has 1 aromatic carbocycles. The van der Waals surface area contributed by atoms with E-state index in [1.807, 2.05) is 39.0 Å². The van der Waals surface area contributed by atoms with Crippen molar-refractivity contribution >= 4 is 33.2 Å². The van der Waals surface area contributed by atoms with Gasteiger partial charge in [0.2, 0.25) is 0 Å². The van der Waals surface area contributed by atoms with Gasteiger partial charge in [0.05, 0.1) is 20.8 Å². The highest BCUT2D eigenvalue weighted by atomic mass is 79.9. The van der Waals surface area contributed by atoms with Crippen LogP contribution in [-0.4, -0.2) is 17.3 Å². The lowest BCUT2D eigenvalue weighted by Crippen LogP contribution is -2.38. The van der Waals surface area contributed by atoms with Gasteiger partial charge in [-0.15, -0.1) is 0 Å². The number of hydrogen-bond acceptors (Lipinski definition) is 2. The number of aliphatic hydroxyl groups is 1. The van der Waals surface area contributed by atoms with E-state index >= 15 is 0 Å². The monoisotopic (exact) mass is 305 g/mol. The standard InChI is InChI=1S/C12H17BrClNO/c1-8(2)12(3,16)7-15-10-6-4-5-9(14)11(10)13/h4-6,8,15-16H,7H2,1-3H3. The number of hydrogen-bond donors (Lipinski definition) is 2. The lowest BCUT2D eigenvalue weighted by atomic mass is 9.92. The highest BCUT2D eigenvalue weighted by molar-refractivity contribution is 9.10. The molecule has 1 rings (SSSR count). The van der Waals surface area contributed by atoms with E-state index in [0.29, 0.717) is 11.6 Å². The molecule has 16 heavy (non-hydrogen) atoms. The van der Waals surface area contributed by atoms with Crippen molar-refractivity contribution in [2.45, 2.75) is 26.4 Å². The Morgan fingerprint density at radius 3 is 2.69 bits per heavy atom. The normalized spacial score (nSPS) is 14.9. The Bertz CT molecular complexity index is 366. The van der Waals surface area contributed by atoms with Gasteiger partial charge in [-0.1, -0.05) is 31.5 Å². The van der Waals surface area contributed by atoms with E-state index in [2.05, 4.69) is 21.2 Å². The van der Waals surface area contributed by atoms with Gasteiger partial charge in [0.25, 0.3) is 0 Å². The molecule has 0 aromatic heterocycles. The minimum Gasteiger partial charge on any atom is -0.388 e. The zero-order valence-electron chi connectivity index (χ0n) is 9.72. The predicted molar refractivity (Wildman–Crippen MR) is 73.1 cm³/mol. The van der Waals surface area contributed by atoms with Gasteiger partial charge < -0.3 is 10.4 Å². The zero-order chi connectivity index (χ0) is 12.3. The average molecular weight is 307 g/mol. The molecule has 90 valence electrons. The summed E-state index contributed by atoms with van der Waals surface area (Å²) >= 11 is 9.39. The Balaban J connectivity index is 2.72. The second-order valence-corrected chi connectivity index (χ2v) is 5.67. The van der Waals surface area contributed by atoms with Crippen molar-refractivity contribution in [3.8, 4) is 0 Å². The van der Waals surface area contributed by atoms with Crippen molar-refractivity contribution in [1.29, 1.82) is 0 Å². The van der Waals surface area contributed by atoms with Crippen molar-refractivity contribution < 1.29 is 5.11 Å². The van der Waals surface area contributed by atoms with Crippen LogP contribution in [0.25, 0.3) is 0 Å². The molecule has 0 heterocycles. The first-order valence-corrected chi connectivity index (χ1v) is 6.42. The topological polar surface area (TPSA) is 32.3 Å². The van der Waals surface area contributed by atoms with E-state index in [9.17, 15) is 5.11 Å². The quantitative estimate of drug-likeness (QED) is 0.883. The van der Waals surface area contributed by atoms with E-state index in [1.165, 1.54) is 0 Å². The van der Waals surface area contributed by atoms with Crippen molar-refractivity contribution in [2.75, 3.05) is 11.9 Å². The highest BCUT2D eigenvalue weighted by Crippen LogP contribution is 2.30. The number of halogens is 2. The van der Waals surface area contributed by atoms with Gasteiger partial charge in [-0.25, -0.2) is 0 Å². The maximum Gasteiger partial charge on any atom is 0.0813 e. The molecule has 0 saturated carbocycles. The SMILES string of the molecule is CC(C)C(C)(O)CNc1cccc(Cl)c1Br. The zero-order valence-corrected chi connectivity index (χ0v) is 12.1. The Labute approximate surface area is 110 Å². The first-order valence-electron chi connectivity index (χ1n) is 5.25. The molecule has 1 atom stereocenters. The third-order valence-electron chi connectivity index (χ3n) is 2.83. The fraction of sp³-hybridized carbons (Fsp3) is 0.500. The molecule has 0 bridgehead atoms. The molecule has 0 aliphatic rings. The molecular formula is C12H17BrClNO. The third-order valence-corrected chi connectivity index (χ3v) is 4.23. The lowest BCUT2D eigenvalue weighted by molar-refractivity contribution is 0.0266. The van der Waals surface area contributed by atoms with Gasteiger partial charge in [-0.3, -0.25) is 0 Å². The smallest absolute Gasteiger partial charge is 0.0813 e. The van der Waals surface area contributed by atoms with E-state index in [4.69, 9.17) is 11.6 Å². The second kappa shape index (κ2) is 5.39. The predicted octanol–water partition coefficient (Wildman–Crippen LogP) is 3.92. The van der Waals surface area contributed by atoms with E-state index in [-0.39, 0.29) is 5.92 Å². The fourth-order valence-electron chi connectivity index (χ4n) is 1.12. The maximum absolute atomic E-state index is 10.1. The summed E-state index contributed by atoms with van der Waals surface area (Å²) in [4.78, 5) is 0. The minimum atomic E-state index is -0.734. The largest absolute Gasteiger partial charge is 0.388 e. The first-order chi connectivity index (χ1) is 7.34. The van der Waals surface area contributed by atoms with Crippen LogP contribution in [-0.2, 0) is 0 Å². The van der Waals surface area contributed by atoms with Crippen LogP contribution in [0, 0.1) is 5.92 Å². The van der Waals surface area contributed by atoms with Crippen LogP contribution < -0.4 is 5.32 Å². The van der Waals surface area contributed by atoms with Crippen molar-refractivity contribution in [3.05, 3.63) is 27.7 Å². The molecule has 2 N–H and O–H groups in total. The van der Waals surface area contributed by atoms with Crippen molar-refractivity contribution in [3.63, 3.8) is 0 Å². The molecule has 4 heteroatoms. The van der Waals surface area contributed by atoms with Crippen LogP contribution in [0.15, 0.2) is 22.7 Å². The Kier molecular flexibility index (Phi) is 4.65. The summed E-state index contributed by atoms with van der Waals surface area (Å²) in [6.07, 6.45) is 0. The van der Waals surface area contributed by atoms with Gasteiger partial charge >= 0.3 is 0 Å². The van der Waals surface area contributed by atoms with E-state index < -0.39 is 5.60 Å². The number of anilines is 1. The number of rotatable bonds is 4. The van der Waals surface area contributed by atoms with E-state index in [0.717, 1.165) is 10.2 Å². The molecule has 0 spiro atoms. The molecule has 0 amide bonds. The Hall–Kier alpha value is -0.250. The Morgan fingerprint density at radius 2 is 2.12 bits per heavy atom. The highest BCUT2D eigenvalue weighted by Gasteiger charge is 2.24. The molecule has 0 saturated heterocycles. The third kappa shape index (κ3) is 3.37. The van der Waals surface area contributed by atoms with Gasteiger partial charge in [0.1, 0.15) is 0 Å². The molecule has 0 radical (unpaired) electrons. The summed E-state index contributed by atoms with van der Waals surface area (Å²) < 4.78 is 0.830. The summed E-state index contributed by atoms with van der Waals surface area (Å²) in [6.45, 7) is 6.30. The van der Waals surface area contributed by atoms with Crippen LogP contribution in [0.2, 0.25) is 5.02 Å². The molecule has 0 aliphatic heterocycles. The second-order valence-electron chi connectivity index (χ2n) is 4.47. The average Bonchev–Trinajstić information content (AvgIpc) is 2.20. The fourth-order valence-corrected chi connectivity index (χ4v) is 1.70. The van der Waals surface area contributed by atoms with Crippen LogP contribution in [0.1, 0.15) is 20.8 Å².